The number of nitrogens with one attached hydrogen (secondary N) is 1. The largest absolute Gasteiger partial charge is 0.393 e. The van der Waals surface area contributed by atoms with Crippen LogP contribution in [0.3, 0.4) is 0 Å². The van der Waals surface area contributed by atoms with E-state index in [0.29, 0.717) is 12.8 Å². The van der Waals surface area contributed by atoms with Crippen molar-refractivity contribution in [2.75, 3.05) is 5.32 Å². The van der Waals surface area contributed by atoms with Crippen molar-refractivity contribution in [2.45, 2.75) is 25.9 Å². The Morgan fingerprint density at radius 2 is 2.37 bits per heavy atom. The van der Waals surface area contributed by atoms with Gasteiger partial charge in [0.25, 0.3) is 0 Å². The monoisotopic (exact) mass is 259 g/mol. The number of benzene rings is 1. The smallest absolute Gasteiger partial charge is 0.224 e. The zero-order chi connectivity index (χ0) is 13.7. The zero-order valence-electron chi connectivity index (χ0n) is 10.8. The van der Waals surface area contributed by atoms with Gasteiger partial charge in [-0.15, -0.1) is 0 Å². The fourth-order valence-electron chi connectivity index (χ4n) is 1.72. The first-order valence-electron chi connectivity index (χ1n) is 6.21. The summed E-state index contributed by atoms with van der Waals surface area (Å²) in [6, 6.07) is 7.52. The van der Waals surface area contributed by atoms with Gasteiger partial charge in [0.15, 0.2) is 0 Å². The number of aliphatic hydroxyl groups excluding tert-OH is 1. The molecule has 5 nitrogen and oxygen atoms in total. The van der Waals surface area contributed by atoms with E-state index in [-0.39, 0.29) is 5.91 Å². The lowest BCUT2D eigenvalue weighted by Crippen LogP contribution is -2.14. The molecule has 1 heterocycles. The molecule has 2 N–H and O–H groups in total. The van der Waals surface area contributed by atoms with Crippen molar-refractivity contribution in [1.82, 2.24) is 9.55 Å². The van der Waals surface area contributed by atoms with Crippen LogP contribution in [0.15, 0.2) is 43.0 Å². The molecule has 0 aliphatic rings. The molecule has 5 heteroatoms. The van der Waals surface area contributed by atoms with Crippen molar-refractivity contribution in [2.24, 2.45) is 0 Å². The molecule has 1 unspecified atom stereocenters. The standard InChI is InChI=1S/C14H17N3O2/c1-11(18)5-6-14(19)16-12-3-2-4-13(9-12)17-8-7-15-10-17/h2-4,7-11,18H,5-6H2,1H3,(H,16,19). The van der Waals surface area contributed by atoms with Crippen molar-refractivity contribution < 1.29 is 9.90 Å². The first kappa shape index (κ1) is 13.3. The van der Waals surface area contributed by atoms with Gasteiger partial charge < -0.3 is 15.0 Å². The number of hydrogen-bond acceptors (Lipinski definition) is 3. The second-order valence-electron chi connectivity index (χ2n) is 4.46. The highest BCUT2D eigenvalue weighted by molar-refractivity contribution is 5.90. The summed E-state index contributed by atoms with van der Waals surface area (Å²) in [6.45, 7) is 1.67. The number of rotatable bonds is 5. The minimum Gasteiger partial charge on any atom is -0.393 e. The van der Waals surface area contributed by atoms with Gasteiger partial charge in [-0.3, -0.25) is 4.79 Å². The molecule has 0 radical (unpaired) electrons. The van der Waals surface area contributed by atoms with Gasteiger partial charge in [-0.1, -0.05) is 6.07 Å². The Bertz CT molecular complexity index is 535. The van der Waals surface area contributed by atoms with Crippen LogP contribution in [0.5, 0.6) is 0 Å². The number of aliphatic hydroxyl groups is 1. The molecule has 100 valence electrons. The third-order valence-electron chi connectivity index (χ3n) is 2.72. The predicted molar refractivity (Wildman–Crippen MR) is 73.1 cm³/mol. The van der Waals surface area contributed by atoms with Crippen LogP contribution in [0.25, 0.3) is 5.69 Å². The Balaban J connectivity index is 2.01. The van der Waals surface area contributed by atoms with E-state index in [1.807, 2.05) is 35.0 Å². The van der Waals surface area contributed by atoms with Crippen LogP contribution >= 0.6 is 0 Å². The topological polar surface area (TPSA) is 67.2 Å². The molecule has 0 aliphatic heterocycles. The van der Waals surface area contributed by atoms with Crippen LogP contribution < -0.4 is 5.32 Å². The summed E-state index contributed by atoms with van der Waals surface area (Å²) in [5.41, 5.74) is 1.67. The maximum atomic E-state index is 11.7. The van der Waals surface area contributed by atoms with E-state index in [0.717, 1.165) is 11.4 Å². The number of aromatic nitrogens is 2. The first-order chi connectivity index (χ1) is 9.15. The Kier molecular flexibility index (Phi) is 4.30. The Morgan fingerprint density at radius 1 is 1.53 bits per heavy atom. The quantitative estimate of drug-likeness (QED) is 0.862. The van der Waals surface area contributed by atoms with E-state index in [4.69, 9.17) is 5.11 Å². The molecule has 0 saturated heterocycles. The maximum absolute atomic E-state index is 11.7. The molecule has 0 bridgehead atoms. The normalized spacial score (nSPS) is 12.1. The number of carbonyl (C=O) groups is 1. The third-order valence-corrected chi connectivity index (χ3v) is 2.72. The number of hydrogen-bond donors (Lipinski definition) is 2. The van der Waals surface area contributed by atoms with E-state index in [1.165, 1.54) is 0 Å². The van der Waals surface area contributed by atoms with Gasteiger partial charge in [-0.2, -0.15) is 0 Å². The Hall–Kier alpha value is -2.14. The average molecular weight is 259 g/mol. The molecule has 2 rings (SSSR count). The lowest BCUT2D eigenvalue weighted by molar-refractivity contribution is -0.116. The van der Waals surface area contributed by atoms with Gasteiger partial charge in [0.2, 0.25) is 5.91 Å². The van der Waals surface area contributed by atoms with Gasteiger partial charge in [0.1, 0.15) is 0 Å². The lowest BCUT2D eigenvalue weighted by Gasteiger charge is -2.08. The molecule has 19 heavy (non-hydrogen) atoms. The summed E-state index contributed by atoms with van der Waals surface area (Å²) < 4.78 is 1.87. The molecular weight excluding hydrogens is 242 g/mol. The second kappa shape index (κ2) is 6.15. The van der Waals surface area contributed by atoms with Gasteiger partial charge in [0.05, 0.1) is 12.4 Å². The van der Waals surface area contributed by atoms with E-state index >= 15 is 0 Å². The number of anilines is 1. The van der Waals surface area contributed by atoms with Gasteiger partial charge >= 0.3 is 0 Å². The Morgan fingerprint density at radius 3 is 3.05 bits per heavy atom. The minimum atomic E-state index is -0.456. The minimum absolute atomic E-state index is 0.0938. The zero-order valence-corrected chi connectivity index (χ0v) is 10.8. The highest BCUT2D eigenvalue weighted by Crippen LogP contribution is 2.14. The van der Waals surface area contributed by atoms with Crippen molar-refractivity contribution in [1.29, 1.82) is 0 Å². The van der Waals surface area contributed by atoms with Gasteiger partial charge in [-0.05, 0) is 31.5 Å². The number of imidazole rings is 1. The maximum Gasteiger partial charge on any atom is 0.224 e. The third kappa shape index (κ3) is 3.93. The number of nitrogens with zero attached hydrogens (tertiary/aromatic N) is 2. The molecule has 0 saturated carbocycles. The van der Waals surface area contributed by atoms with E-state index in [9.17, 15) is 4.79 Å². The van der Waals surface area contributed by atoms with Crippen LogP contribution in [0, 0.1) is 0 Å². The SMILES string of the molecule is CC(O)CCC(=O)Nc1cccc(-n2ccnc2)c1. The first-order valence-corrected chi connectivity index (χ1v) is 6.21. The molecule has 0 aliphatic carbocycles. The van der Waals surface area contributed by atoms with Crippen LogP contribution in [-0.4, -0.2) is 26.7 Å². The average Bonchev–Trinajstić information content (AvgIpc) is 2.90. The van der Waals surface area contributed by atoms with Crippen LogP contribution in [0.4, 0.5) is 5.69 Å². The highest BCUT2D eigenvalue weighted by Gasteiger charge is 2.05. The second-order valence-corrected chi connectivity index (χ2v) is 4.46. The van der Waals surface area contributed by atoms with Gasteiger partial charge in [0, 0.05) is 30.2 Å². The molecule has 1 aromatic heterocycles. The van der Waals surface area contributed by atoms with Crippen molar-refractivity contribution in [3.8, 4) is 5.69 Å². The lowest BCUT2D eigenvalue weighted by atomic mass is 10.2. The molecule has 1 amide bonds. The molecule has 1 aromatic carbocycles. The van der Waals surface area contributed by atoms with Crippen LogP contribution in [0.2, 0.25) is 0 Å². The van der Waals surface area contributed by atoms with E-state index in [1.54, 1.807) is 19.4 Å². The van der Waals surface area contributed by atoms with Crippen LogP contribution in [-0.2, 0) is 4.79 Å². The number of amides is 1. The van der Waals surface area contributed by atoms with Gasteiger partial charge in [-0.25, -0.2) is 4.98 Å². The Labute approximate surface area is 111 Å². The van der Waals surface area contributed by atoms with E-state index in [2.05, 4.69) is 10.3 Å². The van der Waals surface area contributed by atoms with Crippen molar-refractivity contribution in [3.05, 3.63) is 43.0 Å². The molecule has 2 aromatic rings. The highest BCUT2D eigenvalue weighted by atomic mass is 16.3. The summed E-state index contributed by atoms with van der Waals surface area (Å²) >= 11 is 0. The summed E-state index contributed by atoms with van der Waals surface area (Å²) in [7, 11) is 0. The summed E-state index contributed by atoms with van der Waals surface area (Å²) in [5, 5.41) is 12.0. The molecule has 0 fully saturated rings. The van der Waals surface area contributed by atoms with Crippen LogP contribution in [0.1, 0.15) is 19.8 Å². The fraction of sp³-hybridized carbons (Fsp3) is 0.286. The summed E-state index contributed by atoms with van der Waals surface area (Å²) in [5.74, 6) is -0.0938. The predicted octanol–water partition coefficient (Wildman–Crippen LogP) is 1.97. The van der Waals surface area contributed by atoms with Crippen molar-refractivity contribution in [3.63, 3.8) is 0 Å². The molecule has 1 atom stereocenters. The number of carbonyl (C=O) groups excluding carboxylic acids is 1. The van der Waals surface area contributed by atoms with Crippen molar-refractivity contribution >= 4 is 11.6 Å². The van der Waals surface area contributed by atoms with E-state index < -0.39 is 6.10 Å². The molecular formula is C14H17N3O2. The summed E-state index contributed by atoms with van der Waals surface area (Å²) in [6.07, 6.45) is 5.57. The molecule has 0 spiro atoms. The fourth-order valence-corrected chi connectivity index (χ4v) is 1.72. The summed E-state index contributed by atoms with van der Waals surface area (Å²) in [4.78, 5) is 15.7.